The second kappa shape index (κ2) is 5.63. The molecule has 1 rings (SSSR count). The first-order chi connectivity index (χ1) is 8.22. The van der Waals surface area contributed by atoms with Crippen LogP contribution in [0.4, 0.5) is 0 Å². The van der Waals surface area contributed by atoms with Crippen molar-refractivity contribution in [1.82, 2.24) is 0 Å². The van der Waals surface area contributed by atoms with Gasteiger partial charge in [-0.15, -0.1) is 0 Å². The van der Waals surface area contributed by atoms with Crippen LogP contribution in [0.5, 0.6) is 0 Å². The molecule has 18 heavy (non-hydrogen) atoms. The van der Waals surface area contributed by atoms with E-state index in [0.717, 1.165) is 0 Å². The van der Waals surface area contributed by atoms with Crippen molar-refractivity contribution in [3.8, 4) is 0 Å². The summed E-state index contributed by atoms with van der Waals surface area (Å²) in [6.07, 6.45) is 6.21. The van der Waals surface area contributed by atoms with Gasteiger partial charge in [-0.05, 0) is 41.1 Å². The van der Waals surface area contributed by atoms with E-state index in [1.54, 1.807) is 11.1 Å². The normalized spacial score (nSPS) is 19.8. The van der Waals surface area contributed by atoms with E-state index in [2.05, 4.69) is 67.5 Å². The Morgan fingerprint density at radius 3 is 1.67 bits per heavy atom. The second-order valence-corrected chi connectivity index (χ2v) is 7.22. The van der Waals surface area contributed by atoms with Crippen LogP contribution in [0.3, 0.4) is 0 Å². The Balaban J connectivity index is 3.21. The molecule has 0 bridgehead atoms. The van der Waals surface area contributed by atoms with Gasteiger partial charge in [0.25, 0.3) is 0 Å². The van der Waals surface area contributed by atoms with Crippen molar-refractivity contribution in [1.29, 1.82) is 0 Å². The maximum absolute atomic E-state index is 2.52. The fraction of sp³-hybridized carbons (Fsp3) is 0.778. The molecule has 0 unspecified atom stereocenters. The van der Waals surface area contributed by atoms with E-state index < -0.39 is 0 Å². The smallest absolute Gasteiger partial charge is 0.00316 e. The molecule has 0 heterocycles. The Hall–Kier alpha value is -0.520. The topological polar surface area (TPSA) is 0 Å². The zero-order valence-corrected chi connectivity index (χ0v) is 13.7. The molecule has 0 nitrogen and oxygen atoms in total. The monoisotopic (exact) mass is 248 g/mol. The zero-order chi connectivity index (χ0) is 14.1. The van der Waals surface area contributed by atoms with Gasteiger partial charge in [0.1, 0.15) is 0 Å². The van der Waals surface area contributed by atoms with Crippen molar-refractivity contribution in [3.05, 3.63) is 23.3 Å². The predicted molar refractivity (Wildman–Crippen MR) is 82.6 cm³/mol. The maximum Gasteiger partial charge on any atom is -0.00316 e. The van der Waals surface area contributed by atoms with Crippen molar-refractivity contribution in [2.24, 2.45) is 29.1 Å². The van der Waals surface area contributed by atoms with Crippen molar-refractivity contribution in [3.63, 3.8) is 0 Å². The van der Waals surface area contributed by atoms with Gasteiger partial charge in [0.15, 0.2) is 0 Å². The van der Waals surface area contributed by atoms with Gasteiger partial charge in [-0.1, -0.05) is 73.1 Å². The number of allylic oxidation sites excluding steroid dienone is 4. The summed E-state index contributed by atoms with van der Waals surface area (Å²) in [6, 6.07) is 0. The average molecular weight is 248 g/mol. The Kier molecular flexibility index (Phi) is 4.86. The Bertz CT molecular complexity index is 329. The van der Waals surface area contributed by atoms with Crippen LogP contribution >= 0.6 is 0 Å². The van der Waals surface area contributed by atoms with Crippen LogP contribution < -0.4 is 0 Å². The van der Waals surface area contributed by atoms with Crippen molar-refractivity contribution in [2.45, 2.75) is 61.8 Å². The van der Waals surface area contributed by atoms with Gasteiger partial charge in [-0.2, -0.15) is 0 Å². The molecular weight excluding hydrogens is 216 g/mol. The lowest BCUT2D eigenvalue weighted by Gasteiger charge is -2.44. The minimum atomic E-state index is 0.359. The fourth-order valence-corrected chi connectivity index (χ4v) is 3.40. The quantitative estimate of drug-likeness (QED) is 0.585. The first-order valence-electron chi connectivity index (χ1n) is 7.64. The molecule has 0 N–H and O–H groups in total. The fourth-order valence-electron chi connectivity index (χ4n) is 3.40. The molecule has 0 fully saturated rings. The summed E-state index contributed by atoms with van der Waals surface area (Å²) >= 11 is 0. The summed E-state index contributed by atoms with van der Waals surface area (Å²) in [5.41, 5.74) is 3.63. The van der Waals surface area contributed by atoms with Crippen LogP contribution in [-0.2, 0) is 0 Å². The lowest BCUT2D eigenvalue weighted by molar-refractivity contribution is 0.170. The van der Waals surface area contributed by atoms with Gasteiger partial charge in [-0.25, -0.2) is 0 Å². The number of hydrogen-bond acceptors (Lipinski definition) is 0. The van der Waals surface area contributed by atoms with Crippen LogP contribution in [0, 0.1) is 29.1 Å². The summed E-state index contributed by atoms with van der Waals surface area (Å²) in [5.74, 6) is 2.73. The van der Waals surface area contributed by atoms with Crippen LogP contribution in [0.25, 0.3) is 0 Å². The van der Waals surface area contributed by atoms with Crippen molar-refractivity contribution < 1.29 is 0 Å². The molecule has 1 aliphatic rings. The number of rotatable bonds is 4. The van der Waals surface area contributed by atoms with Gasteiger partial charge in [-0.3, -0.25) is 0 Å². The van der Waals surface area contributed by atoms with Crippen LogP contribution in [0.2, 0.25) is 0 Å². The molecule has 0 saturated heterocycles. The first kappa shape index (κ1) is 15.5. The van der Waals surface area contributed by atoms with Gasteiger partial charge >= 0.3 is 0 Å². The standard InChI is InChI=1S/C18H32/c1-12(2)16-9-10-18(14(5)6,15(7)8)11-17(16)13(3)4/h9-10,12-15H,11H2,1-8H3. The minimum Gasteiger partial charge on any atom is -0.0772 e. The molecule has 0 aromatic rings. The van der Waals surface area contributed by atoms with E-state index in [1.807, 2.05) is 0 Å². The Morgan fingerprint density at radius 2 is 1.33 bits per heavy atom. The first-order valence-corrected chi connectivity index (χ1v) is 7.64. The lowest BCUT2D eigenvalue weighted by atomic mass is 9.61. The highest BCUT2D eigenvalue weighted by atomic mass is 14.4. The highest BCUT2D eigenvalue weighted by Gasteiger charge is 2.38. The maximum atomic E-state index is 2.52. The highest BCUT2D eigenvalue weighted by molar-refractivity contribution is 5.36. The van der Waals surface area contributed by atoms with Gasteiger partial charge in [0.05, 0.1) is 0 Å². The van der Waals surface area contributed by atoms with Crippen molar-refractivity contribution >= 4 is 0 Å². The van der Waals surface area contributed by atoms with Crippen LogP contribution in [-0.4, -0.2) is 0 Å². The largest absolute Gasteiger partial charge is 0.0772 e. The van der Waals surface area contributed by atoms with Crippen molar-refractivity contribution in [2.75, 3.05) is 0 Å². The molecule has 0 aromatic heterocycles. The molecule has 0 aromatic carbocycles. The summed E-state index contributed by atoms with van der Waals surface area (Å²) in [4.78, 5) is 0. The van der Waals surface area contributed by atoms with E-state index in [4.69, 9.17) is 0 Å². The third-order valence-corrected chi connectivity index (χ3v) is 4.91. The van der Waals surface area contributed by atoms with E-state index in [9.17, 15) is 0 Å². The van der Waals surface area contributed by atoms with E-state index >= 15 is 0 Å². The predicted octanol–water partition coefficient (Wildman–Crippen LogP) is 5.85. The molecule has 0 spiro atoms. The second-order valence-electron chi connectivity index (χ2n) is 7.22. The summed E-state index contributed by atoms with van der Waals surface area (Å²) in [7, 11) is 0. The molecule has 0 heteroatoms. The SMILES string of the molecule is CC(C)C1=C(C(C)C)CC(C(C)C)(C(C)C)C=C1. The molecule has 1 aliphatic carbocycles. The summed E-state index contributed by atoms with van der Waals surface area (Å²) in [6.45, 7) is 18.8. The third-order valence-electron chi connectivity index (χ3n) is 4.91. The van der Waals surface area contributed by atoms with Gasteiger partial charge < -0.3 is 0 Å². The molecular formula is C18H32. The molecule has 0 saturated carbocycles. The van der Waals surface area contributed by atoms with E-state index in [1.165, 1.54) is 6.42 Å². The minimum absolute atomic E-state index is 0.359. The molecule has 104 valence electrons. The van der Waals surface area contributed by atoms with Gasteiger partial charge in [0.2, 0.25) is 0 Å². The number of hydrogen-bond donors (Lipinski definition) is 0. The molecule has 0 radical (unpaired) electrons. The Labute approximate surface area is 115 Å². The summed E-state index contributed by atoms with van der Waals surface area (Å²) in [5, 5.41) is 0. The Morgan fingerprint density at radius 1 is 0.833 bits per heavy atom. The lowest BCUT2D eigenvalue weighted by Crippen LogP contribution is -2.34. The summed E-state index contributed by atoms with van der Waals surface area (Å²) < 4.78 is 0. The average Bonchev–Trinajstić information content (AvgIpc) is 2.27. The van der Waals surface area contributed by atoms with E-state index in [0.29, 0.717) is 29.1 Å². The zero-order valence-electron chi connectivity index (χ0n) is 13.7. The molecule has 0 aliphatic heterocycles. The van der Waals surface area contributed by atoms with Crippen LogP contribution in [0.15, 0.2) is 23.3 Å². The highest BCUT2D eigenvalue weighted by Crippen LogP contribution is 2.48. The van der Waals surface area contributed by atoms with Gasteiger partial charge in [0, 0.05) is 0 Å². The molecule has 0 amide bonds. The van der Waals surface area contributed by atoms with Crippen LogP contribution in [0.1, 0.15) is 61.8 Å². The third kappa shape index (κ3) is 2.73. The van der Waals surface area contributed by atoms with E-state index in [-0.39, 0.29) is 0 Å². The molecule has 0 atom stereocenters.